The van der Waals surface area contributed by atoms with E-state index in [2.05, 4.69) is 0 Å². The van der Waals surface area contributed by atoms with Gasteiger partial charge in [-0.3, -0.25) is 0 Å². The Balaban J connectivity index is 3.39. The van der Waals surface area contributed by atoms with Gasteiger partial charge in [0.15, 0.2) is 0 Å². The standard InChI is InChI=1S/C7H9ClO2S2/c1-3-6-7(12(8,9)10)5(2)4-11-6/h4H,3H2,1-2H3. The lowest BCUT2D eigenvalue weighted by Crippen LogP contribution is -1.94. The first-order valence-corrected chi connectivity index (χ1v) is 6.67. The van der Waals surface area contributed by atoms with E-state index in [0.29, 0.717) is 11.3 Å². The van der Waals surface area contributed by atoms with Crippen LogP contribution in [0.2, 0.25) is 0 Å². The molecule has 0 radical (unpaired) electrons. The molecule has 0 saturated carbocycles. The van der Waals surface area contributed by atoms with E-state index in [1.54, 1.807) is 6.92 Å². The summed E-state index contributed by atoms with van der Waals surface area (Å²) in [6, 6.07) is 0. The second-order valence-corrected chi connectivity index (χ2v) is 5.93. The number of halogens is 1. The minimum absolute atomic E-state index is 0.302. The number of hydrogen-bond donors (Lipinski definition) is 0. The molecule has 0 atom stereocenters. The van der Waals surface area contributed by atoms with Crippen molar-refractivity contribution >= 4 is 31.1 Å². The normalized spacial score (nSPS) is 11.9. The molecule has 12 heavy (non-hydrogen) atoms. The Morgan fingerprint density at radius 3 is 2.50 bits per heavy atom. The maximum absolute atomic E-state index is 11.1. The van der Waals surface area contributed by atoms with Gasteiger partial charge in [-0.15, -0.1) is 11.3 Å². The number of rotatable bonds is 2. The highest BCUT2D eigenvalue weighted by atomic mass is 35.7. The molecule has 1 aromatic heterocycles. The molecule has 0 aliphatic rings. The van der Waals surface area contributed by atoms with Crippen LogP contribution in [0.5, 0.6) is 0 Å². The van der Waals surface area contributed by atoms with Crippen molar-refractivity contribution in [1.29, 1.82) is 0 Å². The minimum atomic E-state index is -3.55. The molecule has 1 aromatic rings. The average molecular weight is 225 g/mol. The Bertz CT molecular complexity index is 378. The van der Waals surface area contributed by atoms with E-state index in [1.165, 1.54) is 11.3 Å². The zero-order chi connectivity index (χ0) is 9.35. The Hall–Kier alpha value is -0.0600. The first-order valence-electron chi connectivity index (χ1n) is 3.48. The van der Waals surface area contributed by atoms with Crippen molar-refractivity contribution in [1.82, 2.24) is 0 Å². The van der Waals surface area contributed by atoms with Crippen LogP contribution in [-0.2, 0) is 15.5 Å². The van der Waals surface area contributed by atoms with Crippen LogP contribution in [0, 0.1) is 6.92 Å². The van der Waals surface area contributed by atoms with E-state index in [-0.39, 0.29) is 0 Å². The predicted octanol–water partition coefficient (Wildman–Crippen LogP) is 2.55. The van der Waals surface area contributed by atoms with E-state index < -0.39 is 9.05 Å². The monoisotopic (exact) mass is 224 g/mol. The van der Waals surface area contributed by atoms with Crippen LogP contribution in [0.4, 0.5) is 0 Å². The van der Waals surface area contributed by atoms with Gasteiger partial charge >= 0.3 is 0 Å². The molecule has 0 aromatic carbocycles. The van der Waals surface area contributed by atoms with Gasteiger partial charge in [-0.25, -0.2) is 8.42 Å². The summed E-state index contributed by atoms with van der Waals surface area (Å²) in [5, 5.41) is 1.81. The molecule has 0 unspecified atom stereocenters. The van der Waals surface area contributed by atoms with Crippen LogP contribution in [0.1, 0.15) is 17.4 Å². The van der Waals surface area contributed by atoms with Gasteiger partial charge in [-0.1, -0.05) is 6.92 Å². The molecule has 0 fully saturated rings. The molecule has 0 bridgehead atoms. The molecule has 1 rings (SSSR count). The summed E-state index contributed by atoms with van der Waals surface area (Å²) in [7, 11) is 1.72. The number of thiophene rings is 1. The van der Waals surface area contributed by atoms with Crippen molar-refractivity contribution < 1.29 is 8.42 Å². The van der Waals surface area contributed by atoms with Gasteiger partial charge in [-0.2, -0.15) is 0 Å². The van der Waals surface area contributed by atoms with Crippen LogP contribution in [0.15, 0.2) is 10.3 Å². The first kappa shape index (κ1) is 10.0. The fourth-order valence-corrected chi connectivity index (χ4v) is 4.12. The molecule has 68 valence electrons. The quantitative estimate of drug-likeness (QED) is 0.724. The van der Waals surface area contributed by atoms with Gasteiger partial charge in [0.2, 0.25) is 0 Å². The van der Waals surface area contributed by atoms with Gasteiger partial charge < -0.3 is 0 Å². The van der Waals surface area contributed by atoms with Crippen molar-refractivity contribution in [3.05, 3.63) is 15.8 Å². The lowest BCUT2D eigenvalue weighted by molar-refractivity contribution is 0.608. The minimum Gasteiger partial charge on any atom is -0.207 e. The third-order valence-corrected chi connectivity index (χ3v) is 4.45. The fourth-order valence-electron chi connectivity index (χ4n) is 1.06. The second-order valence-electron chi connectivity index (χ2n) is 2.46. The largest absolute Gasteiger partial charge is 0.262 e. The van der Waals surface area contributed by atoms with E-state index >= 15 is 0 Å². The molecule has 5 heteroatoms. The van der Waals surface area contributed by atoms with E-state index in [9.17, 15) is 8.42 Å². The summed E-state index contributed by atoms with van der Waals surface area (Å²) in [5.41, 5.74) is 0.742. The van der Waals surface area contributed by atoms with E-state index in [1.807, 2.05) is 12.3 Å². The van der Waals surface area contributed by atoms with E-state index in [4.69, 9.17) is 10.7 Å². The van der Waals surface area contributed by atoms with Crippen LogP contribution < -0.4 is 0 Å². The Morgan fingerprint density at radius 1 is 1.58 bits per heavy atom. The lowest BCUT2D eigenvalue weighted by Gasteiger charge is -1.97. The van der Waals surface area contributed by atoms with E-state index in [0.717, 1.165) is 10.4 Å². The van der Waals surface area contributed by atoms with Crippen LogP contribution in [0.25, 0.3) is 0 Å². The molecular formula is C7H9ClO2S2. The molecular weight excluding hydrogens is 216 g/mol. The highest BCUT2D eigenvalue weighted by Crippen LogP contribution is 2.29. The third-order valence-electron chi connectivity index (χ3n) is 1.55. The summed E-state index contributed by atoms with van der Waals surface area (Å²) in [4.78, 5) is 1.14. The van der Waals surface area contributed by atoms with Crippen molar-refractivity contribution in [3.8, 4) is 0 Å². The maximum atomic E-state index is 11.1. The Kier molecular flexibility index (Phi) is 2.81. The molecule has 0 amide bonds. The summed E-state index contributed by atoms with van der Waals surface area (Å²) in [6.45, 7) is 3.67. The maximum Gasteiger partial charge on any atom is 0.262 e. The average Bonchev–Trinajstić information content (AvgIpc) is 2.29. The molecule has 0 aliphatic heterocycles. The molecule has 0 saturated heterocycles. The van der Waals surface area contributed by atoms with Crippen LogP contribution in [0.3, 0.4) is 0 Å². The summed E-state index contributed by atoms with van der Waals surface area (Å²) in [5.74, 6) is 0. The van der Waals surface area contributed by atoms with Gasteiger partial charge in [0.05, 0.1) is 4.90 Å². The lowest BCUT2D eigenvalue weighted by atomic mass is 10.3. The predicted molar refractivity (Wildman–Crippen MR) is 51.5 cm³/mol. The third kappa shape index (κ3) is 1.81. The van der Waals surface area contributed by atoms with Gasteiger partial charge in [0.1, 0.15) is 0 Å². The van der Waals surface area contributed by atoms with Crippen LogP contribution >= 0.6 is 22.0 Å². The first-order chi connectivity index (χ1) is 5.46. The highest BCUT2D eigenvalue weighted by molar-refractivity contribution is 8.13. The molecule has 2 nitrogen and oxygen atoms in total. The Morgan fingerprint density at radius 2 is 2.17 bits per heavy atom. The van der Waals surface area contributed by atoms with Crippen molar-refractivity contribution in [3.63, 3.8) is 0 Å². The van der Waals surface area contributed by atoms with Crippen LogP contribution in [-0.4, -0.2) is 8.42 Å². The van der Waals surface area contributed by atoms with Crippen molar-refractivity contribution in [2.24, 2.45) is 0 Å². The smallest absolute Gasteiger partial charge is 0.207 e. The number of aryl methyl sites for hydroxylation is 2. The van der Waals surface area contributed by atoms with Gasteiger partial charge in [0, 0.05) is 15.6 Å². The van der Waals surface area contributed by atoms with Crippen molar-refractivity contribution in [2.75, 3.05) is 0 Å². The van der Waals surface area contributed by atoms with Gasteiger partial charge in [0.25, 0.3) is 9.05 Å². The zero-order valence-corrected chi connectivity index (χ0v) is 9.18. The fraction of sp³-hybridized carbons (Fsp3) is 0.429. The number of hydrogen-bond acceptors (Lipinski definition) is 3. The Labute approximate surface area is 80.6 Å². The molecule has 0 spiro atoms. The topological polar surface area (TPSA) is 34.1 Å². The van der Waals surface area contributed by atoms with Crippen molar-refractivity contribution in [2.45, 2.75) is 25.2 Å². The molecule has 1 heterocycles. The zero-order valence-electron chi connectivity index (χ0n) is 6.80. The summed E-state index contributed by atoms with van der Waals surface area (Å²) in [6.07, 6.45) is 0.708. The highest BCUT2D eigenvalue weighted by Gasteiger charge is 2.19. The summed E-state index contributed by atoms with van der Waals surface area (Å²) < 4.78 is 22.1. The second kappa shape index (κ2) is 3.36. The SMILES string of the molecule is CCc1scc(C)c1S(=O)(=O)Cl. The molecule has 0 N–H and O–H groups in total. The van der Waals surface area contributed by atoms with Gasteiger partial charge in [-0.05, 0) is 24.3 Å². The summed E-state index contributed by atoms with van der Waals surface area (Å²) >= 11 is 1.44. The molecule has 0 aliphatic carbocycles.